The Balaban J connectivity index is 1.39. The number of amides is 4. The Morgan fingerprint density at radius 3 is 2.68 bits per heavy atom. The average molecular weight is 421 g/mol. The Bertz CT molecular complexity index is 1100. The van der Waals surface area contributed by atoms with Gasteiger partial charge in [0.15, 0.2) is 11.5 Å². The molecule has 0 radical (unpaired) electrons. The molecule has 31 heavy (non-hydrogen) atoms. The number of para-hydroxylation sites is 1. The number of carbonyl (C=O) groups is 3. The Hall–Kier alpha value is -3.55. The topological polar surface area (TPSA) is 88.2 Å². The molecule has 0 saturated carbocycles. The summed E-state index contributed by atoms with van der Waals surface area (Å²) in [5.74, 6) is 0.378. The number of benzene rings is 2. The molecule has 0 bridgehead atoms. The maximum absolute atomic E-state index is 13.3. The highest BCUT2D eigenvalue weighted by atomic mass is 16.6. The second-order valence-corrected chi connectivity index (χ2v) is 8.25. The number of ether oxygens (including phenoxy) is 2. The van der Waals surface area contributed by atoms with Crippen molar-refractivity contribution in [3.63, 3.8) is 0 Å². The van der Waals surface area contributed by atoms with E-state index in [0.29, 0.717) is 30.3 Å². The number of hydrogen-bond acceptors (Lipinski definition) is 5. The Morgan fingerprint density at radius 2 is 1.87 bits per heavy atom. The van der Waals surface area contributed by atoms with Crippen molar-refractivity contribution >= 4 is 23.5 Å². The maximum Gasteiger partial charge on any atom is 0.325 e. The highest BCUT2D eigenvalue weighted by molar-refractivity contribution is 6.11. The zero-order valence-corrected chi connectivity index (χ0v) is 17.4. The van der Waals surface area contributed by atoms with Gasteiger partial charge in [0.25, 0.3) is 5.91 Å². The minimum atomic E-state index is -1.29. The van der Waals surface area contributed by atoms with Crippen LogP contribution in [0.3, 0.4) is 0 Å². The summed E-state index contributed by atoms with van der Waals surface area (Å²) in [4.78, 5) is 41.8. The predicted octanol–water partition coefficient (Wildman–Crippen LogP) is 2.20. The number of nitrogens with zero attached hydrogens (tertiary/aromatic N) is 2. The van der Waals surface area contributed by atoms with Gasteiger partial charge in [-0.15, -0.1) is 0 Å². The first-order valence-electron chi connectivity index (χ1n) is 10.3. The van der Waals surface area contributed by atoms with Gasteiger partial charge in [0.2, 0.25) is 5.91 Å². The Kier molecular flexibility index (Phi) is 4.39. The van der Waals surface area contributed by atoms with Crippen LogP contribution >= 0.6 is 0 Å². The maximum atomic E-state index is 13.3. The van der Waals surface area contributed by atoms with E-state index in [9.17, 15) is 14.4 Å². The van der Waals surface area contributed by atoms with Crippen molar-refractivity contribution in [2.75, 3.05) is 24.7 Å². The van der Waals surface area contributed by atoms with Gasteiger partial charge < -0.3 is 19.7 Å². The van der Waals surface area contributed by atoms with E-state index in [0.717, 1.165) is 22.6 Å². The van der Waals surface area contributed by atoms with Gasteiger partial charge in [0.1, 0.15) is 25.3 Å². The molecule has 2 atom stereocenters. The molecular weight excluding hydrogens is 398 g/mol. The van der Waals surface area contributed by atoms with Gasteiger partial charge in [0.05, 0.1) is 0 Å². The predicted molar refractivity (Wildman–Crippen MR) is 112 cm³/mol. The summed E-state index contributed by atoms with van der Waals surface area (Å²) in [6.07, 6.45) is 0.747. The summed E-state index contributed by atoms with van der Waals surface area (Å²) < 4.78 is 11.1. The lowest BCUT2D eigenvalue weighted by Crippen LogP contribution is -2.46. The first-order valence-corrected chi connectivity index (χ1v) is 10.3. The molecule has 160 valence electrons. The minimum Gasteiger partial charge on any atom is -0.486 e. The molecule has 1 fully saturated rings. The SMILES string of the molecule is C[C@H]1Cc2ccccc2N1C(=O)CN1C(=O)N[C@](C)(c2ccc3c(c2)OCCO3)C1=O. The van der Waals surface area contributed by atoms with Crippen molar-refractivity contribution in [1.82, 2.24) is 10.2 Å². The number of hydrogen-bond donors (Lipinski definition) is 1. The van der Waals surface area contributed by atoms with Crippen LogP contribution in [0, 0.1) is 0 Å². The molecule has 0 spiro atoms. The molecule has 0 aliphatic carbocycles. The number of fused-ring (bicyclic) bond motifs is 2. The van der Waals surface area contributed by atoms with Crippen molar-refractivity contribution in [3.8, 4) is 11.5 Å². The number of carbonyl (C=O) groups excluding carboxylic acids is 3. The van der Waals surface area contributed by atoms with Crippen molar-refractivity contribution in [1.29, 1.82) is 0 Å². The van der Waals surface area contributed by atoms with Crippen LogP contribution in [-0.2, 0) is 21.5 Å². The van der Waals surface area contributed by atoms with E-state index in [1.165, 1.54) is 0 Å². The average Bonchev–Trinajstić information content (AvgIpc) is 3.22. The monoisotopic (exact) mass is 421 g/mol. The number of imide groups is 1. The minimum absolute atomic E-state index is 0.0326. The fourth-order valence-corrected chi connectivity index (χ4v) is 4.55. The van der Waals surface area contributed by atoms with Crippen molar-refractivity contribution in [3.05, 3.63) is 53.6 Å². The zero-order chi connectivity index (χ0) is 21.8. The lowest BCUT2D eigenvalue weighted by molar-refractivity contribution is -0.134. The van der Waals surface area contributed by atoms with Crippen molar-refractivity contribution in [2.45, 2.75) is 31.8 Å². The third-order valence-electron chi connectivity index (χ3n) is 6.16. The molecule has 0 aromatic heterocycles. The van der Waals surface area contributed by atoms with Gasteiger partial charge in [-0.1, -0.05) is 24.3 Å². The van der Waals surface area contributed by atoms with E-state index in [4.69, 9.17) is 9.47 Å². The summed E-state index contributed by atoms with van der Waals surface area (Å²) >= 11 is 0. The summed E-state index contributed by atoms with van der Waals surface area (Å²) in [6.45, 7) is 4.17. The van der Waals surface area contributed by atoms with Gasteiger partial charge in [-0.25, -0.2) is 4.79 Å². The molecule has 1 saturated heterocycles. The smallest absolute Gasteiger partial charge is 0.325 e. The third-order valence-corrected chi connectivity index (χ3v) is 6.16. The molecule has 3 aliphatic heterocycles. The Morgan fingerprint density at radius 1 is 1.13 bits per heavy atom. The summed E-state index contributed by atoms with van der Waals surface area (Å²) in [7, 11) is 0. The number of rotatable bonds is 3. The molecule has 4 amide bonds. The fraction of sp³-hybridized carbons (Fsp3) is 0.348. The van der Waals surface area contributed by atoms with Gasteiger partial charge >= 0.3 is 6.03 Å². The lowest BCUT2D eigenvalue weighted by atomic mass is 9.91. The van der Waals surface area contributed by atoms with Gasteiger partial charge in [0, 0.05) is 11.7 Å². The van der Waals surface area contributed by atoms with Crippen LogP contribution < -0.4 is 19.7 Å². The molecule has 1 N–H and O–H groups in total. The van der Waals surface area contributed by atoms with E-state index >= 15 is 0 Å². The van der Waals surface area contributed by atoms with Crippen LogP contribution in [0.4, 0.5) is 10.5 Å². The van der Waals surface area contributed by atoms with E-state index in [-0.39, 0.29) is 18.5 Å². The van der Waals surface area contributed by atoms with Crippen LogP contribution in [0.15, 0.2) is 42.5 Å². The second kappa shape index (κ2) is 7.01. The zero-order valence-electron chi connectivity index (χ0n) is 17.4. The summed E-state index contributed by atoms with van der Waals surface area (Å²) in [5.41, 5.74) is 1.20. The molecule has 3 aliphatic rings. The summed E-state index contributed by atoms with van der Waals surface area (Å²) in [5, 5.41) is 2.75. The molecule has 2 aromatic rings. The molecule has 5 rings (SSSR count). The summed E-state index contributed by atoms with van der Waals surface area (Å²) in [6, 6.07) is 12.2. The van der Waals surface area contributed by atoms with Crippen LogP contribution in [0.5, 0.6) is 11.5 Å². The first-order chi connectivity index (χ1) is 14.9. The fourth-order valence-electron chi connectivity index (χ4n) is 4.55. The van der Waals surface area contributed by atoms with E-state index < -0.39 is 17.5 Å². The van der Waals surface area contributed by atoms with E-state index in [1.807, 2.05) is 31.2 Å². The number of anilines is 1. The van der Waals surface area contributed by atoms with Gasteiger partial charge in [-0.05, 0) is 49.6 Å². The highest BCUT2D eigenvalue weighted by Crippen LogP contribution is 2.37. The van der Waals surface area contributed by atoms with Crippen LogP contribution in [0.2, 0.25) is 0 Å². The van der Waals surface area contributed by atoms with Crippen molar-refractivity contribution in [2.24, 2.45) is 0 Å². The van der Waals surface area contributed by atoms with Crippen LogP contribution in [0.25, 0.3) is 0 Å². The first kappa shape index (κ1) is 19.4. The Labute approximate surface area is 179 Å². The molecular formula is C23H23N3O5. The number of urea groups is 1. The van der Waals surface area contributed by atoms with Gasteiger partial charge in [-0.2, -0.15) is 0 Å². The van der Waals surface area contributed by atoms with Crippen LogP contribution in [0.1, 0.15) is 25.0 Å². The quantitative estimate of drug-likeness (QED) is 0.768. The van der Waals surface area contributed by atoms with Crippen LogP contribution in [-0.4, -0.2) is 48.5 Å². The number of nitrogens with one attached hydrogen (secondary N) is 1. The van der Waals surface area contributed by atoms with E-state index in [1.54, 1.807) is 30.0 Å². The second-order valence-electron chi connectivity index (χ2n) is 8.25. The highest BCUT2D eigenvalue weighted by Gasteiger charge is 2.50. The standard InChI is InChI=1S/C23H23N3O5/c1-14-11-15-5-3-4-6-17(15)26(14)20(27)13-25-21(28)23(2,24-22(25)29)16-7-8-18-19(12-16)31-10-9-30-18/h3-8,12,14H,9-11,13H2,1-2H3,(H,24,29)/t14-,23+/m0/s1. The molecule has 8 heteroatoms. The normalized spacial score (nSPS) is 24.3. The lowest BCUT2D eigenvalue weighted by Gasteiger charge is -2.26. The third kappa shape index (κ3) is 3.01. The van der Waals surface area contributed by atoms with Gasteiger partial charge in [-0.3, -0.25) is 14.5 Å². The van der Waals surface area contributed by atoms with E-state index in [2.05, 4.69) is 5.32 Å². The molecule has 0 unspecified atom stereocenters. The largest absolute Gasteiger partial charge is 0.486 e. The molecule has 3 heterocycles. The molecule has 2 aromatic carbocycles. The van der Waals surface area contributed by atoms with Crippen molar-refractivity contribution < 1.29 is 23.9 Å². The molecule has 8 nitrogen and oxygen atoms in total.